The highest BCUT2D eigenvalue weighted by atomic mass is 35.5. The molecule has 10 heteroatoms. The standard InChI is InChI=1S/C12H12ClN7O2/c1-7-11(20(21)22)12(18(2)17-7)14-5-10-16-15-9-4-3-8(13)6-19(9)10/h3-4,6,14H,5H2,1-2H3. The Morgan fingerprint density at radius 2 is 2.18 bits per heavy atom. The van der Waals surface area contributed by atoms with Crippen LogP contribution < -0.4 is 5.32 Å². The molecular formula is C12H12ClN7O2. The van der Waals surface area contributed by atoms with Crippen LogP contribution in [0.25, 0.3) is 5.65 Å². The monoisotopic (exact) mass is 321 g/mol. The second-order valence-corrected chi connectivity index (χ2v) is 5.15. The Morgan fingerprint density at radius 3 is 2.91 bits per heavy atom. The lowest BCUT2D eigenvalue weighted by atomic mass is 10.4. The SMILES string of the molecule is Cc1nn(C)c(NCc2nnc3ccc(Cl)cn23)c1[N+](=O)[O-]. The molecule has 0 atom stereocenters. The van der Waals surface area contributed by atoms with Crippen LogP contribution >= 0.6 is 11.6 Å². The van der Waals surface area contributed by atoms with E-state index in [4.69, 9.17) is 11.6 Å². The fourth-order valence-electron chi connectivity index (χ4n) is 2.26. The second-order valence-electron chi connectivity index (χ2n) is 4.71. The van der Waals surface area contributed by atoms with E-state index in [0.717, 1.165) is 0 Å². The summed E-state index contributed by atoms with van der Waals surface area (Å²) in [5.74, 6) is 0.909. The minimum atomic E-state index is -0.455. The third-order valence-corrected chi connectivity index (χ3v) is 3.45. The molecule has 0 saturated heterocycles. The average Bonchev–Trinajstić information content (AvgIpc) is 2.96. The van der Waals surface area contributed by atoms with E-state index in [1.165, 1.54) is 4.68 Å². The van der Waals surface area contributed by atoms with Crippen molar-refractivity contribution in [1.82, 2.24) is 24.4 Å². The minimum absolute atomic E-state index is 0.0469. The maximum absolute atomic E-state index is 11.1. The first kappa shape index (κ1) is 14.3. The minimum Gasteiger partial charge on any atom is -0.357 e. The first-order valence-corrected chi connectivity index (χ1v) is 6.76. The molecule has 0 spiro atoms. The summed E-state index contributed by atoms with van der Waals surface area (Å²) in [6, 6.07) is 3.47. The van der Waals surface area contributed by atoms with Gasteiger partial charge in [0.15, 0.2) is 11.5 Å². The lowest BCUT2D eigenvalue weighted by Gasteiger charge is -2.05. The predicted octanol–water partition coefficient (Wildman–Crippen LogP) is 1.94. The molecule has 0 aromatic carbocycles. The molecule has 3 aromatic heterocycles. The van der Waals surface area contributed by atoms with E-state index in [2.05, 4.69) is 20.6 Å². The summed E-state index contributed by atoms with van der Waals surface area (Å²) in [4.78, 5) is 10.7. The largest absolute Gasteiger partial charge is 0.357 e. The van der Waals surface area contributed by atoms with E-state index < -0.39 is 4.92 Å². The lowest BCUT2D eigenvalue weighted by Crippen LogP contribution is -2.09. The average molecular weight is 322 g/mol. The summed E-state index contributed by atoms with van der Waals surface area (Å²) in [7, 11) is 1.64. The van der Waals surface area contributed by atoms with Gasteiger partial charge >= 0.3 is 5.69 Å². The molecule has 22 heavy (non-hydrogen) atoms. The summed E-state index contributed by atoms with van der Waals surface area (Å²) in [6.07, 6.45) is 1.69. The molecule has 0 aliphatic heterocycles. The Hall–Kier alpha value is -2.68. The second kappa shape index (κ2) is 5.26. The van der Waals surface area contributed by atoms with Crippen LogP contribution in [0.4, 0.5) is 11.5 Å². The molecule has 0 fully saturated rings. The highest BCUT2D eigenvalue weighted by molar-refractivity contribution is 6.30. The van der Waals surface area contributed by atoms with E-state index in [1.807, 2.05) is 0 Å². The molecule has 1 N–H and O–H groups in total. The number of hydrogen-bond donors (Lipinski definition) is 1. The molecule has 0 unspecified atom stereocenters. The van der Waals surface area contributed by atoms with Crippen molar-refractivity contribution in [3.05, 3.63) is 45.0 Å². The molecule has 0 aliphatic carbocycles. The molecule has 3 aromatic rings. The number of aryl methyl sites for hydroxylation is 2. The van der Waals surface area contributed by atoms with Gasteiger partial charge in [0.2, 0.25) is 5.82 Å². The molecule has 0 bridgehead atoms. The van der Waals surface area contributed by atoms with Crippen LogP contribution in [0.5, 0.6) is 0 Å². The number of nitrogens with zero attached hydrogens (tertiary/aromatic N) is 6. The van der Waals surface area contributed by atoms with Gasteiger partial charge in [-0.05, 0) is 19.1 Å². The van der Waals surface area contributed by atoms with E-state index in [0.29, 0.717) is 28.0 Å². The van der Waals surface area contributed by atoms with Crippen LogP contribution in [0.2, 0.25) is 5.02 Å². The van der Waals surface area contributed by atoms with E-state index in [9.17, 15) is 10.1 Å². The molecule has 114 valence electrons. The van der Waals surface area contributed by atoms with Crippen molar-refractivity contribution >= 4 is 28.8 Å². The number of pyridine rings is 1. The van der Waals surface area contributed by atoms with Crippen molar-refractivity contribution in [2.45, 2.75) is 13.5 Å². The molecular weight excluding hydrogens is 310 g/mol. The summed E-state index contributed by atoms with van der Waals surface area (Å²) in [5, 5.41) is 26.8. The van der Waals surface area contributed by atoms with Crippen LogP contribution in [0.15, 0.2) is 18.3 Å². The maximum Gasteiger partial charge on any atom is 0.333 e. The Bertz CT molecular complexity index is 870. The van der Waals surface area contributed by atoms with Gasteiger partial charge in [-0.25, -0.2) is 4.68 Å². The highest BCUT2D eigenvalue weighted by Gasteiger charge is 2.24. The molecule has 9 nitrogen and oxygen atoms in total. The van der Waals surface area contributed by atoms with E-state index in [1.54, 1.807) is 36.7 Å². The number of aromatic nitrogens is 5. The van der Waals surface area contributed by atoms with Crippen LogP contribution in [0.3, 0.4) is 0 Å². The van der Waals surface area contributed by atoms with Gasteiger partial charge in [0.1, 0.15) is 5.69 Å². The molecule has 3 rings (SSSR count). The van der Waals surface area contributed by atoms with Gasteiger partial charge < -0.3 is 5.32 Å². The number of nitro groups is 1. The van der Waals surface area contributed by atoms with Crippen molar-refractivity contribution < 1.29 is 4.92 Å². The lowest BCUT2D eigenvalue weighted by molar-refractivity contribution is -0.384. The van der Waals surface area contributed by atoms with Crippen molar-refractivity contribution in [2.75, 3.05) is 5.32 Å². The molecule has 3 heterocycles. The van der Waals surface area contributed by atoms with E-state index in [-0.39, 0.29) is 12.2 Å². The fraction of sp³-hybridized carbons (Fsp3) is 0.250. The van der Waals surface area contributed by atoms with Crippen molar-refractivity contribution in [3.8, 4) is 0 Å². The van der Waals surface area contributed by atoms with Gasteiger partial charge in [-0.3, -0.25) is 14.5 Å². The van der Waals surface area contributed by atoms with Gasteiger partial charge in [-0.2, -0.15) is 5.10 Å². The Kier molecular flexibility index (Phi) is 3.41. The number of anilines is 1. The normalized spacial score (nSPS) is 11.0. The third kappa shape index (κ3) is 2.35. The molecule has 0 aliphatic rings. The van der Waals surface area contributed by atoms with Crippen LogP contribution in [-0.4, -0.2) is 29.3 Å². The maximum atomic E-state index is 11.1. The molecule has 0 radical (unpaired) electrons. The summed E-state index contributed by atoms with van der Waals surface area (Å²) >= 11 is 5.96. The van der Waals surface area contributed by atoms with Crippen LogP contribution in [-0.2, 0) is 13.6 Å². The zero-order chi connectivity index (χ0) is 15.9. The van der Waals surface area contributed by atoms with Crippen LogP contribution in [0.1, 0.15) is 11.5 Å². The topological polar surface area (TPSA) is 103 Å². The van der Waals surface area contributed by atoms with Crippen LogP contribution in [0, 0.1) is 17.0 Å². The smallest absolute Gasteiger partial charge is 0.333 e. The van der Waals surface area contributed by atoms with E-state index >= 15 is 0 Å². The van der Waals surface area contributed by atoms with Crippen molar-refractivity contribution in [1.29, 1.82) is 0 Å². The number of nitrogens with one attached hydrogen (secondary N) is 1. The highest BCUT2D eigenvalue weighted by Crippen LogP contribution is 2.27. The first-order valence-electron chi connectivity index (χ1n) is 6.38. The predicted molar refractivity (Wildman–Crippen MR) is 79.9 cm³/mol. The summed E-state index contributed by atoms with van der Waals surface area (Å²) < 4.78 is 3.16. The van der Waals surface area contributed by atoms with Gasteiger partial charge in [-0.15, -0.1) is 10.2 Å². The number of halogens is 1. The van der Waals surface area contributed by atoms with Gasteiger partial charge in [0.25, 0.3) is 0 Å². The van der Waals surface area contributed by atoms with Gasteiger partial charge in [0, 0.05) is 13.2 Å². The number of fused-ring (bicyclic) bond motifs is 1. The number of hydrogen-bond acceptors (Lipinski definition) is 6. The molecule has 0 amide bonds. The Morgan fingerprint density at radius 1 is 1.41 bits per heavy atom. The van der Waals surface area contributed by atoms with Gasteiger partial charge in [-0.1, -0.05) is 11.6 Å². The van der Waals surface area contributed by atoms with Gasteiger partial charge in [0.05, 0.1) is 16.5 Å². The quantitative estimate of drug-likeness (QED) is 0.582. The third-order valence-electron chi connectivity index (χ3n) is 3.22. The Labute approximate surface area is 129 Å². The number of rotatable bonds is 4. The molecule has 0 saturated carbocycles. The summed E-state index contributed by atoms with van der Waals surface area (Å²) in [5.41, 5.74) is 0.954. The zero-order valence-electron chi connectivity index (χ0n) is 11.8. The first-order chi connectivity index (χ1) is 10.5. The zero-order valence-corrected chi connectivity index (χ0v) is 12.6. The Balaban J connectivity index is 1.92. The van der Waals surface area contributed by atoms with Crippen molar-refractivity contribution in [3.63, 3.8) is 0 Å². The summed E-state index contributed by atoms with van der Waals surface area (Å²) in [6.45, 7) is 1.84. The fourth-order valence-corrected chi connectivity index (χ4v) is 2.42. The van der Waals surface area contributed by atoms with Crippen molar-refractivity contribution in [2.24, 2.45) is 7.05 Å².